The fourth-order valence-electron chi connectivity index (χ4n) is 1.14. The van der Waals surface area contributed by atoms with Crippen LogP contribution in [0.2, 0.25) is 0 Å². The predicted octanol–water partition coefficient (Wildman–Crippen LogP) is 1.68. The van der Waals surface area contributed by atoms with Crippen molar-refractivity contribution in [3.8, 4) is 0 Å². The Bertz CT molecular complexity index is 312. The van der Waals surface area contributed by atoms with E-state index < -0.39 is 6.10 Å². The Hall–Kier alpha value is -1.00. The van der Waals surface area contributed by atoms with Gasteiger partial charge < -0.3 is 9.47 Å². The normalized spacial score (nSPS) is 20.9. The van der Waals surface area contributed by atoms with Gasteiger partial charge >= 0.3 is 5.97 Å². The quantitative estimate of drug-likeness (QED) is 0.561. The maximum absolute atomic E-state index is 11.0. The van der Waals surface area contributed by atoms with Gasteiger partial charge in [0.1, 0.15) is 0 Å². The van der Waals surface area contributed by atoms with Crippen LogP contribution in [0.1, 0.15) is 0 Å². The number of cyclic esters (lactones) is 1. The Morgan fingerprint density at radius 1 is 1.36 bits per heavy atom. The van der Waals surface area contributed by atoms with Crippen molar-refractivity contribution in [1.82, 2.24) is 0 Å². The van der Waals surface area contributed by atoms with Gasteiger partial charge in [-0.2, -0.15) is 0 Å². The van der Waals surface area contributed by atoms with Gasteiger partial charge in [0.25, 0.3) is 0 Å². The van der Waals surface area contributed by atoms with Gasteiger partial charge in [-0.3, -0.25) is 0 Å². The number of hydrogen-bond acceptors (Lipinski definition) is 4. The summed E-state index contributed by atoms with van der Waals surface area (Å²) < 4.78 is 9.77. The molecule has 1 atom stereocenters. The summed E-state index contributed by atoms with van der Waals surface area (Å²) in [5.41, 5.74) is 0. The molecule has 0 spiro atoms. The Morgan fingerprint density at radius 2 is 2.14 bits per heavy atom. The molecule has 1 heterocycles. The van der Waals surface area contributed by atoms with E-state index >= 15 is 0 Å². The van der Waals surface area contributed by atoms with E-state index in [1.807, 2.05) is 30.3 Å². The summed E-state index contributed by atoms with van der Waals surface area (Å²) in [6.45, 7) is 0.0961. The van der Waals surface area contributed by atoms with Gasteiger partial charge in [0, 0.05) is 10.6 Å². The highest BCUT2D eigenvalue weighted by Gasteiger charge is 2.27. The zero-order valence-electron chi connectivity index (χ0n) is 7.51. The second-order valence-corrected chi connectivity index (χ2v) is 3.95. The highest BCUT2D eigenvalue weighted by Crippen LogP contribution is 2.20. The minimum Gasteiger partial charge on any atom is -0.436 e. The zero-order chi connectivity index (χ0) is 9.80. The molecule has 74 valence electrons. The molecule has 1 aliphatic rings. The topological polar surface area (TPSA) is 35.5 Å². The van der Waals surface area contributed by atoms with Gasteiger partial charge in [-0.05, 0) is 12.1 Å². The van der Waals surface area contributed by atoms with Crippen LogP contribution >= 0.6 is 11.8 Å². The molecule has 0 radical (unpaired) electrons. The summed E-state index contributed by atoms with van der Waals surface area (Å²) in [5.74, 6) is 0.358. The van der Waals surface area contributed by atoms with Crippen LogP contribution in [0.25, 0.3) is 0 Å². The fraction of sp³-hybridized carbons (Fsp3) is 0.300. The number of benzene rings is 1. The van der Waals surface area contributed by atoms with Gasteiger partial charge in [0.2, 0.25) is 0 Å². The molecule has 1 fully saturated rings. The Labute approximate surface area is 86.4 Å². The number of carbonyl (C=O) groups excluding carboxylic acids is 1. The molecule has 14 heavy (non-hydrogen) atoms. The van der Waals surface area contributed by atoms with Crippen LogP contribution in [0.15, 0.2) is 35.2 Å². The van der Waals surface area contributed by atoms with Gasteiger partial charge in [-0.15, -0.1) is 11.8 Å². The van der Waals surface area contributed by atoms with Crippen LogP contribution in [0, 0.1) is 0 Å². The van der Waals surface area contributed by atoms with Crippen molar-refractivity contribution in [3.05, 3.63) is 30.3 Å². The molecule has 1 saturated heterocycles. The van der Waals surface area contributed by atoms with Crippen LogP contribution in [-0.2, 0) is 14.3 Å². The monoisotopic (exact) mass is 210 g/mol. The van der Waals surface area contributed by atoms with E-state index in [0.29, 0.717) is 5.75 Å². The lowest BCUT2D eigenvalue weighted by molar-refractivity contribution is -0.138. The average molecular weight is 210 g/mol. The van der Waals surface area contributed by atoms with Crippen LogP contribution in [-0.4, -0.2) is 24.6 Å². The summed E-state index contributed by atoms with van der Waals surface area (Å²) in [4.78, 5) is 12.2. The first-order chi connectivity index (χ1) is 6.86. The Morgan fingerprint density at radius 3 is 2.79 bits per heavy atom. The van der Waals surface area contributed by atoms with Crippen molar-refractivity contribution in [3.63, 3.8) is 0 Å². The molecule has 0 amide bonds. The predicted molar refractivity (Wildman–Crippen MR) is 53.0 cm³/mol. The molecule has 0 saturated carbocycles. The minimum absolute atomic E-state index is 0.0961. The molecule has 0 aliphatic carbocycles. The fourth-order valence-corrected chi connectivity index (χ4v) is 2.07. The smallest absolute Gasteiger partial charge is 0.338 e. The number of ether oxygens (including phenoxy) is 2. The third-order valence-corrected chi connectivity index (χ3v) is 2.95. The molecule has 4 heteroatoms. The third-order valence-electron chi connectivity index (χ3n) is 1.88. The summed E-state index contributed by atoms with van der Waals surface area (Å²) >= 11 is 1.60. The molecule has 2 rings (SSSR count). The first kappa shape index (κ1) is 9.55. The number of hydrogen-bond donors (Lipinski definition) is 0. The summed E-state index contributed by atoms with van der Waals surface area (Å²) in [6.07, 6.45) is -0.403. The van der Waals surface area contributed by atoms with Crippen molar-refractivity contribution in [2.24, 2.45) is 0 Å². The summed E-state index contributed by atoms with van der Waals surface area (Å²) in [7, 11) is 0. The maximum atomic E-state index is 11.0. The molecule has 3 nitrogen and oxygen atoms in total. The minimum atomic E-state index is -0.403. The first-order valence-corrected chi connectivity index (χ1v) is 5.31. The van der Waals surface area contributed by atoms with E-state index in [-0.39, 0.29) is 12.8 Å². The summed E-state index contributed by atoms with van der Waals surface area (Å²) in [5, 5.41) is 0. The lowest BCUT2D eigenvalue weighted by Crippen LogP contribution is -2.18. The van der Waals surface area contributed by atoms with Crippen LogP contribution in [0.5, 0.6) is 0 Å². The number of esters is 1. The highest BCUT2D eigenvalue weighted by molar-refractivity contribution is 7.99. The molecule has 0 aromatic heterocycles. The molecular formula is C10H10O3S. The second-order valence-electron chi connectivity index (χ2n) is 2.86. The van der Waals surface area contributed by atoms with Crippen molar-refractivity contribution < 1.29 is 14.3 Å². The largest absolute Gasteiger partial charge is 0.436 e. The number of thioether (sulfide) groups is 1. The standard InChI is InChI=1S/C10H10O3S/c11-10-9(12-7-13-10)6-14-8-4-2-1-3-5-8/h1-5,9H,6-7H2. The lowest BCUT2D eigenvalue weighted by atomic mass is 10.4. The van der Waals surface area contributed by atoms with E-state index in [2.05, 4.69) is 4.74 Å². The van der Waals surface area contributed by atoms with Gasteiger partial charge in [0.05, 0.1) is 0 Å². The molecule has 1 aromatic rings. The molecular weight excluding hydrogens is 200 g/mol. The average Bonchev–Trinajstić information content (AvgIpc) is 2.63. The lowest BCUT2D eigenvalue weighted by Gasteiger charge is -2.04. The molecule has 0 bridgehead atoms. The first-order valence-electron chi connectivity index (χ1n) is 4.32. The van der Waals surface area contributed by atoms with Crippen LogP contribution in [0.4, 0.5) is 0 Å². The molecule has 1 aliphatic heterocycles. The van der Waals surface area contributed by atoms with Crippen LogP contribution < -0.4 is 0 Å². The Balaban J connectivity index is 1.85. The Kier molecular flexibility index (Phi) is 3.06. The maximum Gasteiger partial charge on any atom is 0.338 e. The number of rotatable bonds is 3. The van der Waals surface area contributed by atoms with E-state index in [1.54, 1.807) is 11.8 Å². The zero-order valence-corrected chi connectivity index (χ0v) is 8.33. The highest BCUT2D eigenvalue weighted by atomic mass is 32.2. The van der Waals surface area contributed by atoms with Crippen molar-refractivity contribution in [1.29, 1.82) is 0 Å². The van der Waals surface area contributed by atoms with Crippen molar-refractivity contribution in [2.45, 2.75) is 11.0 Å². The number of carbonyl (C=O) groups is 1. The van der Waals surface area contributed by atoms with Crippen LogP contribution in [0.3, 0.4) is 0 Å². The van der Waals surface area contributed by atoms with Gasteiger partial charge in [0.15, 0.2) is 12.9 Å². The molecule has 1 unspecified atom stereocenters. The van der Waals surface area contributed by atoms with Gasteiger partial charge in [-0.25, -0.2) is 4.79 Å². The molecule has 1 aromatic carbocycles. The van der Waals surface area contributed by atoms with E-state index in [0.717, 1.165) is 4.90 Å². The van der Waals surface area contributed by atoms with E-state index in [1.165, 1.54) is 0 Å². The third kappa shape index (κ3) is 2.27. The SMILES string of the molecule is O=C1OCOC1CSc1ccccc1. The van der Waals surface area contributed by atoms with E-state index in [4.69, 9.17) is 4.74 Å². The van der Waals surface area contributed by atoms with Crippen molar-refractivity contribution >= 4 is 17.7 Å². The van der Waals surface area contributed by atoms with E-state index in [9.17, 15) is 4.79 Å². The summed E-state index contributed by atoms with van der Waals surface area (Å²) in [6, 6.07) is 9.91. The second kappa shape index (κ2) is 4.48. The van der Waals surface area contributed by atoms with Gasteiger partial charge in [-0.1, -0.05) is 18.2 Å². The van der Waals surface area contributed by atoms with Crippen molar-refractivity contribution in [2.75, 3.05) is 12.5 Å². The molecule has 0 N–H and O–H groups in total.